The van der Waals surface area contributed by atoms with E-state index >= 15 is 0 Å². The van der Waals surface area contributed by atoms with Crippen LogP contribution in [0.3, 0.4) is 0 Å². The van der Waals surface area contributed by atoms with Crippen LogP contribution in [0.25, 0.3) is 5.65 Å². The van der Waals surface area contributed by atoms with E-state index in [9.17, 15) is 0 Å². The molecule has 0 aromatic carbocycles. The summed E-state index contributed by atoms with van der Waals surface area (Å²) in [6, 6.07) is 0.281. The molecule has 1 aliphatic rings. The molecule has 0 spiro atoms. The molecule has 0 bridgehead atoms. The second kappa shape index (κ2) is 4.53. The fraction of sp³-hybridized carbons (Fsp3) is 0.583. The molecule has 0 amide bonds. The second-order valence-electron chi connectivity index (χ2n) is 5.00. The van der Waals surface area contributed by atoms with Crippen molar-refractivity contribution in [2.75, 3.05) is 18.0 Å². The lowest BCUT2D eigenvalue weighted by molar-refractivity contribution is 0.353. The summed E-state index contributed by atoms with van der Waals surface area (Å²) < 4.78 is 1.90. The van der Waals surface area contributed by atoms with Crippen molar-refractivity contribution >= 4 is 11.5 Å². The number of rotatable bonds is 2. The molecule has 1 atom stereocenters. The van der Waals surface area contributed by atoms with Crippen LogP contribution in [0.2, 0.25) is 0 Å². The molecule has 1 unspecified atom stereocenters. The van der Waals surface area contributed by atoms with Crippen molar-refractivity contribution in [3.63, 3.8) is 0 Å². The maximum Gasteiger partial charge on any atom is 0.203 e. The van der Waals surface area contributed by atoms with Gasteiger partial charge in [0.25, 0.3) is 0 Å². The molecule has 6 nitrogen and oxygen atoms in total. The molecule has 3 rings (SSSR count). The summed E-state index contributed by atoms with van der Waals surface area (Å²) in [7, 11) is 0. The molecule has 1 saturated heterocycles. The Morgan fingerprint density at radius 3 is 2.89 bits per heavy atom. The summed E-state index contributed by atoms with van der Waals surface area (Å²) in [4.78, 5) is 6.72. The third-order valence-corrected chi connectivity index (χ3v) is 3.78. The summed E-state index contributed by atoms with van der Waals surface area (Å²) in [6.45, 7) is 4.08. The minimum Gasteiger partial charge on any atom is -0.353 e. The number of piperidine rings is 1. The highest BCUT2D eigenvalue weighted by Gasteiger charge is 2.24. The second-order valence-corrected chi connectivity index (χ2v) is 5.00. The van der Waals surface area contributed by atoms with Crippen LogP contribution < -0.4 is 10.6 Å². The van der Waals surface area contributed by atoms with Crippen LogP contribution >= 0.6 is 0 Å². The van der Waals surface area contributed by atoms with Crippen molar-refractivity contribution in [1.82, 2.24) is 19.6 Å². The average Bonchev–Trinajstić information content (AvgIpc) is 2.87. The zero-order valence-corrected chi connectivity index (χ0v) is 10.5. The van der Waals surface area contributed by atoms with Crippen LogP contribution in [-0.4, -0.2) is 38.7 Å². The van der Waals surface area contributed by atoms with Crippen molar-refractivity contribution in [2.24, 2.45) is 11.7 Å². The van der Waals surface area contributed by atoms with Gasteiger partial charge < -0.3 is 10.6 Å². The Morgan fingerprint density at radius 2 is 2.17 bits per heavy atom. The first kappa shape index (κ1) is 11.4. The fourth-order valence-electron chi connectivity index (χ4n) is 2.61. The number of hydrogen-bond donors (Lipinski definition) is 1. The molecule has 2 aromatic heterocycles. The maximum atomic E-state index is 5.96. The van der Waals surface area contributed by atoms with Crippen LogP contribution in [0.15, 0.2) is 18.7 Å². The van der Waals surface area contributed by atoms with Crippen LogP contribution in [-0.2, 0) is 0 Å². The van der Waals surface area contributed by atoms with Crippen molar-refractivity contribution in [1.29, 1.82) is 0 Å². The summed E-state index contributed by atoms with van der Waals surface area (Å²) in [6.07, 6.45) is 7.61. The van der Waals surface area contributed by atoms with E-state index in [0.29, 0.717) is 5.92 Å². The van der Waals surface area contributed by atoms with Crippen molar-refractivity contribution in [3.8, 4) is 0 Å². The molecule has 0 aliphatic carbocycles. The molecular formula is C12H18N6. The van der Waals surface area contributed by atoms with E-state index < -0.39 is 0 Å². The van der Waals surface area contributed by atoms with Crippen LogP contribution in [0.4, 0.5) is 5.82 Å². The van der Waals surface area contributed by atoms with Gasteiger partial charge >= 0.3 is 0 Å². The van der Waals surface area contributed by atoms with E-state index in [1.165, 1.54) is 0 Å². The summed E-state index contributed by atoms with van der Waals surface area (Å²) in [5, 5.41) is 8.06. The number of aromatic nitrogens is 4. The topological polar surface area (TPSA) is 72.3 Å². The highest BCUT2D eigenvalue weighted by Crippen LogP contribution is 2.25. The monoisotopic (exact) mass is 246 g/mol. The molecule has 96 valence electrons. The van der Waals surface area contributed by atoms with Crippen LogP contribution in [0, 0.1) is 5.92 Å². The number of nitrogens with two attached hydrogens (primary N) is 1. The van der Waals surface area contributed by atoms with Gasteiger partial charge in [-0.3, -0.25) is 4.40 Å². The summed E-state index contributed by atoms with van der Waals surface area (Å²) >= 11 is 0. The van der Waals surface area contributed by atoms with Crippen molar-refractivity contribution < 1.29 is 0 Å². The molecule has 18 heavy (non-hydrogen) atoms. The number of anilines is 1. The van der Waals surface area contributed by atoms with Gasteiger partial charge in [0.1, 0.15) is 6.33 Å². The molecule has 3 heterocycles. The van der Waals surface area contributed by atoms with Crippen molar-refractivity contribution in [3.05, 3.63) is 18.7 Å². The molecule has 2 aromatic rings. The van der Waals surface area contributed by atoms with E-state index in [1.54, 1.807) is 12.5 Å². The van der Waals surface area contributed by atoms with Crippen molar-refractivity contribution in [2.45, 2.75) is 25.8 Å². The van der Waals surface area contributed by atoms with E-state index in [-0.39, 0.29) is 6.04 Å². The van der Waals surface area contributed by atoms with Gasteiger partial charge in [-0.05, 0) is 25.7 Å². The average molecular weight is 246 g/mol. The predicted octanol–water partition coefficient (Wildman–Crippen LogP) is 0.688. The first-order valence-corrected chi connectivity index (χ1v) is 6.40. The third kappa shape index (κ3) is 1.92. The van der Waals surface area contributed by atoms with Gasteiger partial charge in [0.15, 0.2) is 5.82 Å². The predicted molar refractivity (Wildman–Crippen MR) is 69.4 cm³/mol. The van der Waals surface area contributed by atoms with Gasteiger partial charge in [0, 0.05) is 31.5 Å². The molecule has 1 fully saturated rings. The van der Waals surface area contributed by atoms with Gasteiger partial charge in [-0.25, -0.2) is 4.98 Å². The highest BCUT2D eigenvalue weighted by atomic mass is 15.3. The van der Waals surface area contributed by atoms with Crippen LogP contribution in [0.5, 0.6) is 0 Å². The van der Waals surface area contributed by atoms with Gasteiger partial charge in [-0.1, -0.05) is 0 Å². The summed E-state index contributed by atoms with van der Waals surface area (Å²) in [5.74, 6) is 1.55. The lowest BCUT2D eigenvalue weighted by Crippen LogP contribution is -2.40. The van der Waals surface area contributed by atoms with Gasteiger partial charge in [0.05, 0.1) is 0 Å². The fourth-order valence-corrected chi connectivity index (χ4v) is 2.61. The lowest BCUT2D eigenvalue weighted by Gasteiger charge is -2.34. The highest BCUT2D eigenvalue weighted by molar-refractivity contribution is 5.63. The molecule has 1 aliphatic heterocycles. The molecule has 2 N–H and O–H groups in total. The SMILES string of the molecule is CC(N)C1CCN(c2nccn3cnnc23)CC1. The normalized spacial score (nSPS) is 19.3. The van der Waals surface area contributed by atoms with Gasteiger partial charge in [-0.15, -0.1) is 10.2 Å². The van der Waals surface area contributed by atoms with Gasteiger partial charge in [0.2, 0.25) is 5.65 Å². The summed E-state index contributed by atoms with van der Waals surface area (Å²) in [5.41, 5.74) is 6.79. The first-order chi connectivity index (χ1) is 8.75. The number of fused-ring (bicyclic) bond motifs is 1. The smallest absolute Gasteiger partial charge is 0.203 e. The quantitative estimate of drug-likeness (QED) is 0.844. The third-order valence-electron chi connectivity index (χ3n) is 3.78. The Morgan fingerprint density at radius 1 is 1.39 bits per heavy atom. The molecule has 6 heteroatoms. The Bertz CT molecular complexity index is 526. The van der Waals surface area contributed by atoms with Gasteiger partial charge in [-0.2, -0.15) is 0 Å². The number of hydrogen-bond acceptors (Lipinski definition) is 5. The van der Waals surface area contributed by atoms with E-state index in [0.717, 1.165) is 37.4 Å². The zero-order chi connectivity index (χ0) is 12.5. The zero-order valence-electron chi connectivity index (χ0n) is 10.5. The molecular weight excluding hydrogens is 228 g/mol. The van der Waals surface area contributed by atoms with Crippen LogP contribution in [0.1, 0.15) is 19.8 Å². The Hall–Kier alpha value is -1.69. The minimum atomic E-state index is 0.281. The van der Waals surface area contributed by atoms with E-state index in [1.807, 2.05) is 10.6 Å². The largest absolute Gasteiger partial charge is 0.353 e. The van der Waals surface area contributed by atoms with E-state index in [4.69, 9.17) is 5.73 Å². The first-order valence-electron chi connectivity index (χ1n) is 6.40. The maximum absolute atomic E-state index is 5.96. The minimum absolute atomic E-state index is 0.281. The Labute approximate surface area is 106 Å². The van der Waals surface area contributed by atoms with E-state index in [2.05, 4.69) is 27.0 Å². The Balaban J connectivity index is 1.82. The number of nitrogens with zero attached hydrogens (tertiary/aromatic N) is 5. The molecule has 0 saturated carbocycles. The lowest BCUT2D eigenvalue weighted by atomic mass is 9.91. The Kier molecular flexibility index (Phi) is 2.87. The standard InChI is InChI=1S/C12H18N6/c1-9(13)10-2-5-17(6-3-10)11-12-16-15-8-18(12)7-4-14-11/h4,7-10H,2-3,5-6,13H2,1H3. The molecule has 0 radical (unpaired) electrons.